The van der Waals surface area contributed by atoms with Crippen molar-refractivity contribution in [1.82, 2.24) is 0 Å². The number of carbonyl (C=O) groups excluding carboxylic acids is 1. The molecule has 0 spiro atoms. The predicted molar refractivity (Wildman–Crippen MR) is 81.6 cm³/mol. The Bertz CT molecular complexity index is 773. The third-order valence-corrected chi connectivity index (χ3v) is 3.33. The summed E-state index contributed by atoms with van der Waals surface area (Å²) in [6.07, 6.45) is 1.54. The second kappa shape index (κ2) is 6.25. The van der Waals surface area contributed by atoms with Crippen molar-refractivity contribution in [3.05, 3.63) is 82.3 Å². The second-order valence-corrected chi connectivity index (χ2v) is 4.86. The lowest BCUT2D eigenvalue weighted by molar-refractivity contribution is -0.129. The minimum atomic E-state index is -0.655. The molecule has 0 aromatic heterocycles. The molecule has 3 rings (SSSR count). The highest BCUT2D eigenvalue weighted by atomic mass is 16.5. The molecule has 0 amide bonds. The van der Waals surface area contributed by atoms with Crippen molar-refractivity contribution in [3.63, 3.8) is 0 Å². The third kappa shape index (κ3) is 3.05. The van der Waals surface area contributed by atoms with Crippen molar-refractivity contribution in [3.8, 4) is 5.75 Å². The van der Waals surface area contributed by atoms with Crippen LogP contribution in [0.2, 0.25) is 0 Å². The summed E-state index contributed by atoms with van der Waals surface area (Å²) in [5, 5.41) is 0. The van der Waals surface area contributed by atoms with Gasteiger partial charge in [-0.25, -0.2) is 4.85 Å². The number of para-hydroxylation sites is 1. The molecule has 0 radical (unpaired) electrons. The number of nitrogens with zero attached hydrogens (tertiary/aromatic N) is 1. The van der Waals surface area contributed by atoms with Crippen LogP contribution in [-0.2, 0) is 22.7 Å². The van der Waals surface area contributed by atoms with Gasteiger partial charge in [-0.1, -0.05) is 36.4 Å². The van der Waals surface area contributed by atoms with Gasteiger partial charge in [0.2, 0.25) is 0 Å². The van der Waals surface area contributed by atoms with E-state index in [1.54, 1.807) is 24.3 Å². The summed E-state index contributed by atoms with van der Waals surface area (Å²) in [6.45, 7) is 8.37. The summed E-state index contributed by atoms with van der Waals surface area (Å²) in [4.78, 5) is 15.3. The average Bonchev–Trinajstić information content (AvgIpc) is 3.01. The first-order chi connectivity index (χ1) is 10.8. The largest absolute Gasteiger partial charge is 0.431 e. The lowest BCUT2D eigenvalue weighted by Crippen LogP contribution is -2.08. The number of esters is 1. The minimum absolute atomic E-state index is 0.0530. The number of rotatable bonds is 3. The molecule has 1 aliphatic rings. The fourth-order valence-corrected chi connectivity index (χ4v) is 2.22. The molecule has 108 valence electrons. The zero-order valence-electron chi connectivity index (χ0n) is 11.8. The van der Waals surface area contributed by atoms with Crippen molar-refractivity contribution in [2.24, 2.45) is 0 Å². The summed E-state index contributed by atoms with van der Waals surface area (Å²) in [7, 11) is 0. The van der Waals surface area contributed by atoms with Crippen LogP contribution in [-0.4, -0.2) is 5.97 Å². The van der Waals surface area contributed by atoms with Gasteiger partial charge < -0.3 is 9.47 Å². The summed E-state index contributed by atoms with van der Waals surface area (Å²) >= 11 is 0. The van der Waals surface area contributed by atoms with Crippen molar-refractivity contribution < 1.29 is 14.3 Å². The van der Waals surface area contributed by atoms with Gasteiger partial charge in [0, 0.05) is 0 Å². The minimum Gasteiger partial charge on any atom is -0.431 e. The highest BCUT2D eigenvalue weighted by molar-refractivity contribution is 5.96. The molecule has 1 aliphatic heterocycles. The first-order valence-corrected chi connectivity index (χ1v) is 6.82. The van der Waals surface area contributed by atoms with E-state index in [2.05, 4.69) is 4.85 Å². The van der Waals surface area contributed by atoms with Crippen molar-refractivity contribution in [2.45, 2.75) is 13.2 Å². The van der Waals surface area contributed by atoms with E-state index in [0.29, 0.717) is 19.0 Å². The molecular formula is C18H13NO3. The SMILES string of the molecule is [C-]#[N+]/C(=C\c1ccc2c(c1)COC2)C(=O)Oc1ccccc1. The first kappa shape index (κ1) is 14.1. The van der Waals surface area contributed by atoms with Gasteiger partial charge >= 0.3 is 5.97 Å². The van der Waals surface area contributed by atoms with Crippen molar-refractivity contribution in [2.75, 3.05) is 0 Å². The molecule has 0 fully saturated rings. The zero-order chi connectivity index (χ0) is 15.4. The van der Waals surface area contributed by atoms with Crippen LogP contribution in [0.1, 0.15) is 16.7 Å². The Morgan fingerprint density at radius 3 is 2.68 bits per heavy atom. The van der Waals surface area contributed by atoms with Crippen LogP contribution in [0.25, 0.3) is 10.9 Å². The van der Waals surface area contributed by atoms with Crippen molar-refractivity contribution in [1.29, 1.82) is 0 Å². The zero-order valence-corrected chi connectivity index (χ0v) is 11.8. The van der Waals surface area contributed by atoms with E-state index in [1.165, 1.54) is 6.08 Å². The Kier molecular flexibility index (Phi) is 3.99. The molecule has 0 bridgehead atoms. The Labute approximate surface area is 128 Å². The molecule has 0 saturated carbocycles. The highest BCUT2D eigenvalue weighted by Gasteiger charge is 2.14. The molecule has 1 heterocycles. The monoisotopic (exact) mass is 291 g/mol. The van der Waals surface area contributed by atoms with Crippen LogP contribution in [0, 0.1) is 6.57 Å². The first-order valence-electron chi connectivity index (χ1n) is 6.82. The van der Waals surface area contributed by atoms with E-state index < -0.39 is 5.97 Å². The molecule has 4 nitrogen and oxygen atoms in total. The van der Waals surface area contributed by atoms with Gasteiger partial charge in [0.15, 0.2) is 0 Å². The maximum Gasteiger partial charge on any atom is 0.341 e. The Balaban J connectivity index is 1.81. The summed E-state index contributed by atoms with van der Waals surface area (Å²) in [5.74, 6) is -0.234. The smallest absolute Gasteiger partial charge is 0.341 e. The predicted octanol–water partition coefficient (Wildman–Crippen LogP) is 3.58. The quantitative estimate of drug-likeness (QED) is 0.375. The molecule has 2 aromatic rings. The Morgan fingerprint density at radius 1 is 1.14 bits per heavy atom. The lowest BCUT2D eigenvalue weighted by Gasteiger charge is -2.03. The van der Waals surface area contributed by atoms with Gasteiger partial charge in [-0.15, -0.1) is 0 Å². The van der Waals surface area contributed by atoms with Crippen LogP contribution in [0.4, 0.5) is 0 Å². The van der Waals surface area contributed by atoms with E-state index >= 15 is 0 Å². The molecule has 0 atom stereocenters. The van der Waals surface area contributed by atoms with Crippen molar-refractivity contribution >= 4 is 12.0 Å². The van der Waals surface area contributed by atoms with Crippen LogP contribution in [0.5, 0.6) is 5.75 Å². The number of fused-ring (bicyclic) bond motifs is 1. The standard InChI is InChI=1S/C18H13NO3/c1-19-17(18(20)22-16-5-3-2-4-6-16)10-13-7-8-14-11-21-12-15(14)9-13/h2-10H,11-12H2/b17-10-. The summed E-state index contributed by atoms with van der Waals surface area (Å²) < 4.78 is 10.5. The third-order valence-electron chi connectivity index (χ3n) is 3.33. The lowest BCUT2D eigenvalue weighted by atomic mass is 10.1. The normalized spacial score (nSPS) is 13.3. The van der Waals surface area contributed by atoms with Gasteiger partial charge in [-0.2, -0.15) is 0 Å². The van der Waals surface area contributed by atoms with E-state index in [0.717, 1.165) is 16.7 Å². The summed E-state index contributed by atoms with van der Waals surface area (Å²) in [5.41, 5.74) is 2.98. The molecule has 0 N–H and O–H groups in total. The average molecular weight is 291 g/mol. The second-order valence-electron chi connectivity index (χ2n) is 4.86. The summed E-state index contributed by atoms with van der Waals surface area (Å²) in [6, 6.07) is 14.5. The van der Waals surface area contributed by atoms with Gasteiger partial charge in [-0.05, 0) is 34.9 Å². The van der Waals surface area contributed by atoms with E-state index in [4.69, 9.17) is 16.0 Å². The number of hydrogen-bond acceptors (Lipinski definition) is 3. The van der Waals surface area contributed by atoms with Gasteiger partial charge in [0.25, 0.3) is 5.70 Å². The number of benzene rings is 2. The van der Waals surface area contributed by atoms with E-state index in [9.17, 15) is 4.79 Å². The molecule has 0 unspecified atom stereocenters. The van der Waals surface area contributed by atoms with Crippen LogP contribution >= 0.6 is 0 Å². The van der Waals surface area contributed by atoms with Crippen LogP contribution < -0.4 is 4.74 Å². The maximum atomic E-state index is 12.1. The maximum absolute atomic E-state index is 12.1. The molecule has 0 aliphatic carbocycles. The topological polar surface area (TPSA) is 39.9 Å². The highest BCUT2D eigenvalue weighted by Crippen LogP contribution is 2.22. The molecular weight excluding hydrogens is 278 g/mol. The molecule has 2 aromatic carbocycles. The molecule has 22 heavy (non-hydrogen) atoms. The van der Waals surface area contributed by atoms with E-state index in [1.807, 2.05) is 24.3 Å². The van der Waals surface area contributed by atoms with E-state index in [-0.39, 0.29) is 5.70 Å². The fraction of sp³-hybridized carbons (Fsp3) is 0.111. The molecule has 0 saturated heterocycles. The Hall–Kier alpha value is -2.90. The van der Waals surface area contributed by atoms with Crippen LogP contribution in [0.15, 0.2) is 54.2 Å². The van der Waals surface area contributed by atoms with Gasteiger partial charge in [0.1, 0.15) is 5.75 Å². The number of ether oxygens (including phenoxy) is 2. The fourth-order valence-electron chi connectivity index (χ4n) is 2.22. The number of hydrogen-bond donors (Lipinski definition) is 0. The number of carbonyl (C=O) groups is 1. The van der Waals surface area contributed by atoms with Gasteiger partial charge in [-0.3, -0.25) is 4.79 Å². The van der Waals surface area contributed by atoms with Crippen LogP contribution in [0.3, 0.4) is 0 Å². The molecule has 4 heteroatoms. The van der Waals surface area contributed by atoms with Gasteiger partial charge in [0.05, 0.1) is 19.8 Å². The Morgan fingerprint density at radius 2 is 1.91 bits per heavy atom.